The molecule has 1 fully saturated rings. The Hall–Kier alpha value is -1.12. The molecule has 1 saturated carbocycles. The van der Waals surface area contributed by atoms with Crippen LogP contribution in [0.4, 0.5) is 0 Å². The van der Waals surface area contributed by atoms with Gasteiger partial charge in [0.25, 0.3) is 0 Å². The van der Waals surface area contributed by atoms with E-state index in [9.17, 15) is 0 Å². The largest absolute Gasteiger partial charge is 0.316 e. The van der Waals surface area contributed by atoms with Crippen molar-refractivity contribution in [3.63, 3.8) is 0 Å². The number of nitrogens with one attached hydrogen (secondary N) is 1. The monoisotopic (exact) mass is 288 g/mol. The van der Waals surface area contributed by atoms with Gasteiger partial charge in [-0.3, -0.25) is 4.98 Å². The summed E-state index contributed by atoms with van der Waals surface area (Å²) in [4.78, 5) is 4.54. The lowest BCUT2D eigenvalue weighted by atomic mass is 10.0. The molecule has 0 radical (unpaired) electrons. The standard InChI is InChI=1S/C17H21ClN2/c1-11(2)9-19-10-12-8-15(12)13-5-6-16(18)14-4-3-7-20-17(13)14/h3-7,11-12,15,19H,8-10H2,1-2H3. The van der Waals surface area contributed by atoms with Crippen LogP contribution in [0, 0.1) is 11.8 Å². The van der Waals surface area contributed by atoms with E-state index in [1.165, 1.54) is 12.0 Å². The van der Waals surface area contributed by atoms with E-state index in [0.29, 0.717) is 11.8 Å². The quantitative estimate of drug-likeness (QED) is 0.890. The lowest BCUT2D eigenvalue weighted by Crippen LogP contribution is -2.22. The molecular weight excluding hydrogens is 268 g/mol. The fourth-order valence-corrected chi connectivity index (χ4v) is 3.09. The van der Waals surface area contributed by atoms with Crippen molar-refractivity contribution in [1.29, 1.82) is 0 Å². The first-order valence-corrected chi connectivity index (χ1v) is 7.78. The molecule has 0 bridgehead atoms. The molecule has 2 nitrogen and oxygen atoms in total. The zero-order valence-electron chi connectivity index (χ0n) is 12.1. The predicted molar refractivity (Wildman–Crippen MR) is 85.3 cm³/mol. The Labute approximate surface area is 125 Å². The number of rotatable bonds is 5. The molecule has 106 valence electrons. The van der Waals surface area contributed by atoms with E-state index in [2.05, 4.69) is 36.3 Å². The fraction of sp³-hybridized carbons (Fsp3) is 0.471. The maximum absolute atomic E-state index is 6.26. The Balaban J connectivity index is 1.75. The van der Waals surface area contributed by atoms with Gasteiger partial charge in [-0.05, 0) is 61.0 Å². The second-order valence-electron chi connectivity index (χ2n) is 6.19. The Morgan fingerprint density at radius 2 is 2.20 bits per heavy atom. The molecule has 2 unspecified atom stereocenters. The van der Waals surface area contributed by atoms with E-state index < -0.39 is 0 Å². The maximum atomic E-state index is 6.26. The van der Waals surface area contributed by atoms with Gasteiger partial charge in [0.15, 0.2) is 0 Å². The second kappa shape index (κ2) is 5.71. The Morgan fingerprint density at radius 3 is 3.00 bits per heavy atom. The van der Waals surface area contributed by atoms with Crippen molar-refractivity contribution in [2.75, 3.05) is 13.1 Å². The van der Waals surface area contributed by atoms with Crippen LogP contribution in [0.15, 0.2) is 30.5 Å². The van der Waals surface area contributed by atoms with Gasteiger partial charge >= 0.3 is 0 Å². The summed E-state index contributed by atoms with van der Waals surface area (Å²) in [5, 5.41) is 5.43. The summed E-state index contributed by atoms with van der Waals surface area (Å²) in [5.74, 6) is 2.11. The van der Waals surface area contributed by atoms with Gasteiger partial charge in [0.05, 0.1) is 5.52 Å². The lowest BCUT2D eigenvalue weighted by Gasteiger charge is -2.09. The Kier molecular flexibility index (Phi) is 3.95. The van der Waals surface area contributed by atoms with Crippen molar-refractivity contribution in [3.05, 3.63) is 41.0 Å². The van der Waals surface area contributed by atoms with Gasteiger partial charge in [0, 0.05) is 16.6 Å². The van der Waals surface area contributed by atoms with Crippen molar-refractivity contribution >= 4 is 22.5 Å². The SMILES string of the molecule is CC(C)CNCC1CC1c1ccc(Cl)c2cccnc12. The smallest absolute Gasteiger partial charge is 0.0751 e. The first-order chi connectivity index (χ1) is 9.66. The number of hydrogen-bond donors (Lipinski definition) is 1. The van der Waals surface area contributed by atoms with Crippen molar-refractivity contribution in [2.45, 2.75) is 26.2 Å². The summed E-state index contributed by atoms with van der Waals surface area (Å²) in [5.41, 5.74) is 2.44. The van der Waals surface area contributed by atoms with Gasteiger partial charge < -0.3 is 5.32 Å². The Morgan fingerprint density at radius 1 is 1.35 bits per heavy atom. The molecule has 0 spiro atoms. The lowest BCUT2D eigenvalue weighted by molar-refractivity contribution is 0.533. The highest BCUT2D eigenvalue weighted by atomic mass is 35.5. The molecule has 3 heteroatoms. The third-order valence-corrected chi connectivity index (χ3v) is 4.36. The van der Waals surface area contributed by atoms with Gasteiger partial charge in [-0.15, -0.1) is 0 Å². The second-order valence-corrected chi connectivity index (χ2v) is 6.60. The molecule has 1 aromatic heterocycles. The maximum Gasteiger partial charge on any atom is 0.0751 e. The van der Waals surface area contributed by atoms with Gasteiger partial charge in [-0.1, -0.05) is 31.5 Å². The minimum Gasteiger partial charge on any atom is -0.316 e. The number of fused-ring (bicyclic) bond motifs is 1. The van der Waals surface area contributed by atoms with Crippen LogP contribution in [0.5, 0.6) is 0 Å². The van der Waals surface area contributed by atoms with E-state index in [1.807, 2.05) is 18.3 Å². The van der Waals surface area contributed by atoms with Crippen LogP contribution in [0.1, 0.15) is 31.7 Å². The molecule has 1 aliphatic carbocycles. The van der Waals surface area contributed by atoms with Crippen LogP contribution in [0.2, 0.25) is 5.02 Å². The molecule has 3 rings (SSSR count). The third-order valence-electron chi connectivity index (χ3n) is 4.03. The molecule has 0 amide bonds. The molecule has 0 aliphatic heterocycles. The van der Waals surface area contributed by atoms with E-state index in [4.69, 9.17) is 11.6 Å². The summed E-state index contributed by atoms with van der Waals surface area (Å²) < 4.78 is 0. The molecule has 2 atom stereocenters. The molecule has 20 heavy (non-hydrogen) atoms. The number of halogens is 1. The minimum atomic E-state index is 0.643. The summed E-state index contributed by atoms with van der Waals surface area (Å²) in [6, 6.07) is 8.18. The highest BCUT2D eigenvalue weighted by Crippen LogP contribution is 2.49. The molecule has 2 aromatic rings. The average Bonchev–Trinajstić information content (AvgIpc) is 3.18. The average molecular weight is 289 g/mol. The molecule has 1 heterocycles. The van der Waals surface area contributed by atoms with Crippen molar-refractivity contribution < 1.29 is 0 Å². The van der Waals surface area contributed by atoms with Gasteiger partial charge in [-0.2, -0.15) is 0 Å². The molecular formula is C17H21ClN2. The zero-order valence-corrected chi connectivity index (χ0v) is 12.8. The number of benzene rings is 1. The topological polar surface area (TPSA) is 24.9 Å². The first kappa shape index (κ1) is 13.8. The molecule has 1 N–H and O–H groups in total. The van der Waals surface area contributed by atoms with Crippen LogP contribution >= 0.6 is 11.6 Å². The van der Waals surface area contributed by atoms with Crippen molar-refractivity contribution in [3.8, 4) is 0 Å². The first-order valence-electron chi connectivity index (χ1n) is 7.40. The van der Waals surface area contributed by atoms with Gasteiger partial charge in [0.2, 0.25) is 0 Å². The Bertz CT molecular complexity index is 609. The summed E-state index contributed by atoms with van der Waals surface area (Å²) in [6.07, 6.45) is 3.12. The fourth-order valence-electron chi connectivity index (χ4n) is 2.87. The van der Waals surface area contributed by atoms with Crippen molar-refractivity contribution in [2.24, 2.45) is 11.8 Å². The van der Waals surface area contributed by atoms with E-state index >= 15 is 0 Å². The summed E-state index contributed by atoms with van der Waals surface area (Å²) >= 11 is 6.26. The third kappa shape index (κ3) is 2.82. The van der Waals surface area contributed by atoms with E-state index in [1.54, 1.807) is 0 Å². The van der Waals surface area contributed by atoms with Crippen LogP contribution in [-0.2, 0) is 0 Å². The highest BCUT2D eigenvalue weighted by Gasteiger charge is 2.39. The van der Waals surface area contributed by atoms with Crippen LogP contribution in [0.3, 0.4) is 0 Å². The van der Waals surface area contributed by atoms with Crippen LogP contribution in [-0.4, -0.2) is 18.1 Å². The van der Waals surface area contributed by atoms with Gasteiger partial charge in [0.1, 0.15) is 0 Å². The minimum absolute atomic E-state index is 0.643. The van der Waals surface area contributed by atoms with Crippen molar-refractivity contribution in [1.82, 2.24) is 10.3 Å². The zero-order chi connectivity index (χ0) is 14.1. The number of pyridine rings is 1. The molecule has 1 aromatic carbocycles. The molecule has 0 saturated heterocycles. The van der Waals surface area contributed by atoms with Crippen LogP contribution < -0.4 is 5.32 Å². The van der Waals surface area contributed by atoms with Crippen LogP contribution in [0.25, 0.3) is 10.9 Å². The highest BCUT2D eigenvalue weighted by molar-refractivity contribution is 6.35. The number of aromatic nitrogens is 1. The van der Waals surface area contributed by atoms with Gasteiger partial charge in [-0.25, -0.2) is 0 Å². The number of hydrogen-bond acceptors (Lipinski definition) is 2. The predicted octanol–water partition coefficient (Wildman–Crippen LogP) is 4.24. The normalized spacial score (nSPS) is 21.6. The summed E-state index contributed by atoms with van der Waals surface area (Å²) in [7, 11) is 0. The summed E-state index contributed by atoms with van der Waals surface area (Å²) in [6.45, 7) is 6.70. The van der Waals surface area contributed by atoms with E-state index in [-0.39, 0.29) is 0 Å². The molecule has 1 aliphatic rings. The van der Waals surface area contributed by atoms with E-state index in [0.717, 1.165) is 34.9 Å². The number of nitrogens with zero attached hydrogens (tertiary/aromatic N) is 1.